The van der Waals surface area contributed by atoms with E-state index in [-0.39, 0.29) is 12.0 Å². The van der Waals surface area contributed by atoms with Crippen molar-refractivity contribution in [2.75, 3.05) is 23.3 Å². The molecule has 0 atom stereocenters. The molecular formula is C21H26N2O2. The van der Waals surface area contributed by atoms with E-state index in [0.717, 1.165) is 24.5 Å². The van der Waals surface area contributed by atoms with Crippen LogP contribution < -0.4 is 15.0 Å². The van der Waals surface area contributed by atoms with Crippen LogP contribution in [-0.2, 0) is 0 Å². The van der Waals surface area contributed by atoms with Crippen LogP contribution in [0.15, 0.2) is 48.5 Å². The van der Waals surface area contributed by atoms with Gasteiger partial charge in [0.25, 0.3) is 5.91 Å². The number of ether oxygens (including phenoxy) is 1. The smallest absolute Gasteiger partial charge is 0.255 e. The summed E-state index contributed by atoms with van der Waals surface area (Å²) in [6.45, 7) is 6.17. The number of anilines is 2. The number of rotatable bonds is 5. The van der Waals surface area contributed by atoms with E-state index in [4.69, 9.17) is 4.74 Å². The van der Waals surface area contributed by atoms with Gasteiger partial charge in [-0.25, -0.2) is 0 Å². The number of hydrogen-bond acceptors (Lipinski definition) is 3. The molecule has 0 saturated carbocycles. The molecule has 0 unspecified atom stereocenters. The van der Waals surface area contributed by atoms with E-state index >= 15 is 0 Å². The first-order valence-corrected chi connectivity index (χ1v) is 9.05. The zero-order valence-corrected chi connectivity index (χ0v) is 15.0. The Bertz CT molecular complexity index is 704. The van der Waals surface area contributed by atoms with Crippen molar-refractivity contribution in [3.8, 4) is 5.75 Å². The van der Waals surface area contributed by atoms with Crippen molar-refractivity contribution in [1.29, 1.82) is 0 Å². The van der Waals surface area contributed by atoms with Gasteiger partial charge in [-0.3, -0.25) is 4.79 Å². The Morgan fingerprint density at radius 1 is 1.04 bits per heavy atom. The topological polar surface area (TPSA) is 41.6 Å². The molecule has 0 aliphatic carbocycles. The van der Waals surface area contributed by atoms with Crippen LogP contribution in [-0.4, -0.2) is 25.1 Å². The Hall–Kier alpha value is -2.49. The van der Waals surface area contributed by atoms with Gasteiger partial charge in [0.2, 0.25) is 0 Å². The van der Waals surface area contributed by atoms with Gasteiger partial charge in [0.15, 0.2) is 0 Å². The number of hydrogen-bond donors (Lipinski definition) is 1. The highest BCUT2D eigenvalue weighted by Crippen LogP contribution is 2.22. The average molecular weight is 338 g/mol. The first-order chi connectivity index (χ1) is 12.1. The monoisotopic (exact) mass is 338 g/mol. The van der Waals surface area contributed by atoms with Crippen molar-refractivity contribution in [2.45, 2.75) is 39.2 Å². The normalized spacial score (nSPS) is 14.4. The summed E-state index contributed by atoms with van der Waals surface area (Å²) in [4.78, 5) is 14.9. The fourth-order valence-corrected chi connectivity index (χ4v) is 3.10. The fourth-order valence-electron chi connectivity index (χ4n) is 3.10. The Morgan fingerprint density at radius 3 is 2.44 bits per heavy atom. The van der Waals surface area contributed by atoms with Gasteiger partial charge in [-0.15, -0.1) is 0 Å². The summed E-state index contributed by atoms with van der Waals surface area (Å²) in [7, 11) is 0. The minimum absolute atomic E-state index is 0.105. The Labute approximate surface area is 149 Å². The average Bonchev–Trinajstić information content (AvgIpc) is 2.62. The molecule has 0 spiro atoms. The van der Waals surface area contributed by atoms with E-state index < -0.39 is 0 Å². The van der Waals surface area contributed by atoms with E-state index in [1.165, 1.54) is 24.9 Å². The van der Waals surface area contributed by atoms with Crippen LogP contribution in [0.4, 0.5) is 11.4 Å². The van der Waals surface area contributed by atoms with Crippen molar-refractivity contribution < 1.29 is 9.53 Å². The molecule has 25 heavy (non-hydrogen) atoms. The summed E-state index contributed by atoms with van der Waals surface area (Å²) < 4.78 is 5.67. The zero-order valence-electron chi connectivity index (χ0n) is 15.0. The number of benzene rings is 2. The fraction of sp³-hybridized carbons (Fsp3) is 0.381. The lowest BCUT2D eigenvalue weighted by molar-refractivity contribution is 0.102. The molecule has 1 N–H and O–H groups in total. The summed E-state index contributed by atoms with van der Waals surface area (Å²) in [5, 5.41) is 2.94. The van der Waals surface area contributed by atoms with Gasteiger partial charge in [-0.1, -0.05) is 6.07 Å². The maximum atomic E-state index is 12.5. The van der Waals surface area contributed by atoms with Crippen molar-refractivity contribution in [1.82, 2.24) is 0 Å². The molecule has 0 bridgehead atoms. The largest absolute Gasteiger partial charge is 0.491 e. The SMILES string of the molecule is CC(C)Oc1cccc(NC(=O)c2ccc(N3CCCCC3)cc2)c1. The number of nitrogens with zero attached hydrogens (tertiary/aromatic N) is 1. The van der Waals surface area contributed by atoms with Gasteiger partial charge in [0.1, 0.15) is 5.75 Å². The predicted octanol–water partition coefficient (Wildman–Crippen LogP) is 4.72. The molecule has 4 nitrogen and oxygen atoms in total. The third-order valence-electron chi connectivity index (χ3n) is 4.31. The highest BCUT2D eigenvalue weighted by Gasteiger charge is 2.12. The van der Waals surface area contributed by atoms with E-state index in [0.29, 0.717) is 5.56 Å². The molecule has 4 heteroatoms. The molecule has 3 rings (SSSR count). The zero-order chi connectivity index (χ0) is 17.6. The van der Waals surface area contributed by atoms with Gasteiger partial charge in [0.05, 0.1) is 6.10 Å². The highest BCUT2D eigenvalue weighted by atomic mass is 16.5. The summed E-state index contributed by atoms with van der Waals surface area (Å²) in [6.07, 6.45) is 3.92. The van der Waals surface area contributed by atoms with Crippen LogP contribution in [0.5, 0.6) is 5.75 Å². The van der Waals surface area contributed by atoms with E-state index in [1.807, 2.05) is 62.4 Å². The number of carbonyl (C=O) groups is 1. The van der Waals surface area contributed by atoms with Crippen molar-refractivity contribution >= 4 is 17.3 Å². The Balaban J connectivity index is 1.65. The molecular weight excluding hydrogens is 312 g/mol. The number of piperidine rings is 1. The van der Waals surface area contributed by atoms with E-state index in [9.17, 15) is 4.79 Å². The standard InChI is InChI=1S/C21H26N2O2/c1-16(2)25-20-8-6-7-18(15-20)22-21(24)17-9-11-19(12-10-17)23-13-4-3-5-14-23/h6-12,15-16H,3-5,13-14H2,1-2H3,(H,22,24). The molecule has 1 amide bonds. The third kappa shape index (κ3) is 4.75. The lowest BCUT2D eigenvalue weighted by Gasteiger charge is -2.28. The minimum atomic E-state index is -0.105. The second kappa shape index (κ2) is 8.06. The molecule has 1 aliphatic heterocycles. The lowest BCUT2D eigenvalue weighted by atomic mass is 10.1. The van der Waals surface area contributed by atoms with Gasteiger partial charge in [0, 0.05) is 36.1 Å². The molecule has 2 aromatic rings. The molecule has 2 aromatic carbocycles. The number of amides is 1. The van der Waals surface area contributed by atoms with Crippen LogP contribution in [0.25, 0.3) is 0 Å². The lowest BCUT2D eigenvalue weighted by Crippen LogP contribution is -2.29. The maximum absolute atomic E-state index is 12.5. The molecule has 1 saturated heterocycles. The van der Waals surface area contributed by atoms with Gasteiger partial charge in [-0.2, -0.15) is 0 Å². The molecule has 1 aliphatic rings. The van der Waals surface area contributed by atoms with Crippen LogP contribution in [0.3, 0.4) is 0 Å². The quantitative estimate of drug-likeness (QED) is 0.858. The van der Waals surface area contributed by atoms with Crippen LogP contribution in [0, 0.1) is 0 Å². The van der Waals surface area contributed by atoms with E-state index in [2.05, 4.69) is 10.2 Å². The summed E-state index contributed by atoms with van der Waals surface area (Å²) in [5.74, 6) is 0.653. The van der Waals surface area contributed by atoms with Crippen LogP contribution in [0.2, 0.25) is 0 Å². The Kier molecular flexibility index (Phi) is 5.59. The molecule has 0 radical (unpaired) electrons. The first kappa shape index (κ1) is 17.3. The maximum Gasteiger partial charge on any atom is 0.255 e. The molecule has 1 fully saturated rings. The molecule has 0 aromatic heterocycles. The number of nitrogens with one attached hydrogen (secondary N) is 1. The molecule has 132 valence electrons. The van der Waals surface area contributed by atoms with Gasteiger partial charge < -0.3 is 15.0 Å². The predicted molar refractivity (Wildman–Crippen MR) is 103 cm³/mol. The summed E-state index contributed by atoms with van der Waals surface area (Å²) in [6, 6.07) is 15.4. The third-order valence-corrected chi connectivity index (χ3v) is 4.31. The summed E-state index contributed by atoms with van der Waals surface area (Å²) >= 11 is 0. The molecule has 1 heterocycles. The highest BCUT2D eigenvalue weighted by molar-refractivity contribution is 6.04. The minimum Gasteiger partial charge on any atom is -0.491 e. The van der Waals surface area contributed by atoms with Gasteiger partial charge >= 0.3 is 0 Å². The second-order valence-corrected chi connectivity index (χ2v) is 6.74. The number of carbonyl (C=O) groups excluding carboxylic acids is 1. The second-order valence-electron chi connectivity index (χ2n) is 6.74. The van der Waals surface area contributed by atoms with Crippen LogP contribution >= 0.6 is 0 Å². The first-order valence-electron chi connectivity index (χ1n) is 9.05. The Morgan fingerprint density at radius 2 is 1.76 bits per heavy atom. The van der Waals surface area contributed by atoms with Crippen molar-refractivity contribution in [2.24, 2.45) is 0 Å². The van der Waals surface area contributed by atoms with Crippen molar-refractivity contribution in [3.63, 3.8) is 0 Å². The van der Waals surface area contributed by atoms with Crippen LogP contribution in [0.1, 0.15) is 43.5 Å². The summed E-state index contributed by atoms with van der Waals surface area (Å²) in [5.41, 5.74) is 2.60. The van der Waals surface area contributed by atoms with E-state index in [1.54, 1.807) is 0 Å². The van der Waals surface area contributed by atoms with Crippen molar-refractivity contribution in [3.05, 3.63) is 54.1 Å². The van der Waals surface area contributed by atoms with Gasteiger partial charge in [-0.05, 0) is 69.5 Å².